The molecule has 0 aliphatic heterocycles. The van der Waals surface area contributed by atoms with Gasteiger partial charge in [-0.2, -0.15) is 13.2 Å². The molecule has 0 saturated heterocycles. The van der Waals surface area contributed by atoms with Gasteiger partial charge in [-0.15, -0.1) is 0 Å². The Morgan fingerprint density at radius 3 is 2.35 bits per heavy atom. The highest BCUT2D eigenvalue weighted by atomic mass is 35.5. The molecule has 0 saturated carbocycles. The molecule has 0 bridgehead atoms. The summed E-state index contributed by atoms with van der Waals surface area (Å²) < 4.78 is 58.6. The predicted molar refractivity (Wildman–Crippen MR) is 49.4 cm³/mol. The van der Waals surface area contributed by atoms with Crippen molar-refractivity contribution in [2.45, 2.75) is 10.4 Å². The lowest BCUT2D eigenvalue weighted by molar-refractivity contribution is -0.0436. The first-order valence-corrected chi connectivity index (χ1v) is 5.63. The van der Waals surface area contributed by atoms with E-state index in [2.05, 4.69) is 4.98 Å². The van der Waals surface area contributed by atoms with Crippen molar-refractivity contribution in [3.8, 4) is 0 Å². The van der Waals surface area contributed by atoms with Crippen LogP contribution in [0, 0.1) is 0 Å². The molecule has 5 nitrogen and oxygen atoms in total. The summed E-state index contributed by atoms with van der Waals surface area (Å²) in [5, 5.41) is 7.57. The van der Waals surface area contributed by atoms with Crippen LogP contribution in [-0.2, 0) is 9.84 Å². The van der Waals surface area contributed by atoms with Gasteiger partial charge in [0.1, 0.15) is 10.0 Å². The summed E-state index contributed by atoms with van der Waals surface area (Å²) in [6, 6.07) is 0.306. The molecule has 0 aliphatic carbocycles. The topological polar surface area (TPSA) is 84.3 Å². The minimum Gasteiger partial charge on any atom is -0.478 e. The molecule has 1 heterocycles. The number of carbonyl (C=O) groups is 1. The maximum atomic E-state index is 12.2. The van der Waals surface area contributed by atoms with Gasteiger partial charge in [0.25, 0.3) is 9.84 Å². The van der Waals surface area contributed by atoms with Crippen LogP contribution < -0.4 is 0 Å². The highest BCUT2D eigenvalue weighted by Gasteiger charge is 2.48. The Morgan fingerprint density at radius 2 is 1.94 bits per heavy atom. The third-order valence-electron chi connectivity index (χ3n) is 1.65. The summed E-state index contributed by atoms with van der Waals surface area (Å²) in [4.78, 5) is 12.2. The van der Waals surface area contributed by atoms with E-state index in [-0.39, 0.29) is 0 Å². The molecule has 17 heavy (non-hydrogen) atoms. The minimum absolute atomic E-state index is 0.306. The highest BCUT2D eigenvalue weighted by molar-refractivity contribution is 7.92. The summed E-state index contributed by atoms with van der Waals surface area (Å²) in [5.41, 5.74) is -6.28. The summed E-state index contributed by atoms with van der Waals surface area (Å²) in [7, 11) is -5.72. The van der Waals surface area contributed by atoms with E-state index in [0.29, 0.717) is 12.3 Å². The van der Waals surface area contributed by atoms with Crippen molar-refractivity contribution in [1.29, 1.82) is 0 Å². The van der Waals surface area contributed by atoms with Crippen LogP contribution in [0.15, 0.2) is 17.2 Å². The quantitative estimate of drug-likeness (QED) is 0.838. The highest BCUT2D eigenvalue weighted by Crippen LogP contribution is 2.33. The Bertz CT molecular complexity index is 569. The van der Waals surface area contributed by atoms with Crippen LogP contribution in [0.3, 0.4) is 0 Å². The molecule has 1 aromatic rings. The van der Waals surface area contributed by atoms with Crippen molar-refractivity contribution in [2.75, 3.05) is 0 Å². The van der Waals surface area contributed by atoms with E-state index >= 15 is 0 Å². The number of halogens is 4. The number of alkyl halides is 3. The first-order valence-electron chi connectivity index (χ1n) is 3.77. The number of carboxylic acids is 1. The fraction of sp³-hybridized carbons (Fsp3) is 0.143. The standard InChI is InChI=1S/C7H3ClF3NO4S/c8-5-4(17(15,16)7(9,10)11)1-3(2-12-5)6(13)14/h1-2H,(H,13,14). The van der Waals surface area contributed by atoms with Crippen molar-refractivity contribution >= 4 is 27.4 Å². The van der Waals surface area contributed by atoms with Crippen LogP contribution in [0.4, 0.5) is 13.2 Å². The molecule has 0 spiro atoms. The average Bonchev–Trinajstić information content (AvgIpc) is 2.15. The zero-order valence-corrected chi connectivity index (χ0v) is 9.27. The molecule has 0 unspecified atom stereocenters. The minimum atomic E-state index is -5.72. The van der Waals surface area contributed by atoms with Gasteiger partial charge in [0.15, 0.2) is 0 Å². The largest absolute Gasteiger partial charge is 0.502 e. The van der Waals surface area contributed by atoms with Crippen molar-refractivity contribution in [3.63, 3.8) is 0 Å². The zero-order valence-electron chi connectivity index (χ0n) is 7.69. The van der Waals surface area contributed by atoms with Crippen molar-refractivity contribution < 1.29 is 31.5 Å². The SMILES string of the molecule is O=C(O)c1cnc(Cl)c(S(=O)(=O)C(F)(F)F)c1. The van der Waals surface area contributed by atoms with Gasteiger partial charge in [0.05, 0.1) is 5.56 Å². The van der Waals surface area contributed by atoms with Gasteiger partial charge >= 0.3 is 11.5 Å². The Morgan fingerprint density at radius 1 is 1.41 bits per heavy atom. The third-order valence-corrected chi connectivity index (χ3v) is 3.56. The molecule has 0 fully saturated rings. The number of aromatic carboxylic acids is 1. The maximum absolute atomic E-state index is 12.2. The van der Waals surface area contributed by atoms with Gasteiger partial charge < -0.3 is 5.11 Å². The summed E-state index contributed by atoms with van der Waals surface area (Å²) in [6.07, 6.45) is 0.653. The second-order valence-corrected chi connectivity index (χ2v) is 5.03. The van der Waals surface area contributed by atoms with Gasteiger partial charge in [0, 0.05) is 6.20 Å². The Hall–Kier alpha value is -1.35. The smallest absolute Gasteiger partial charge is 0.478 e. The molecular weight excluding hydrogens is 287 g/mol. The molecular formula is C7H3ClF3NO4S. The Balaban J connectivity index is 3.52. The Kier molecular flexibility index (Phi) is 3.35. The lowest BCUT2D eigenvalue weighted by Gasteiger charge is -2.09. The number of nitrogens with zero attached hydrogens (tertiary/aromatic N) is 1. The third kappa shape index (κ3) is 2.50. The Labute approximate surface area is 97.8 Å². The van der Waals surface area contributed by atoms with Gasteiger partial charge in [-0.05, 0) is 6.07 Å². The van der Waals surface area contributed by atoms with Crippen LogP contribution in [0.2, 0.25) is 5.15 Å². The second-order valence-electron chi connectivity index (χ2n) is 2.77. The van der Waals surface area contributed by atoms with Crippen LogP contribution in [-0.4, -0.2) is 30.0 Å². The number of sulfone groups is 1. The lowest BCUT2D eigenvalue weighted by atomic mass is 10.3. The fourth-order valence-corrected chi connectivity index (χ4v) is 2.07. The normalized spacial score (nSPS) is 12.5. The second kappa shape index (κ2) is 4.15. The van der Waals surface area contributed by atoms with Gasteiger partial charge in [0.2, 0.25) is 0 Å². The number of rotatable bonds is 2. The molecule has 0 aromatic carbocycles. The van der Waals surface area contributed by atoms with E-state index in [1.165, 1.54) is 0 Å². The molecule has 94 valence electrons. The summed E-state index contributed by atoms with van der Waals surface area (Å²) in [6.45, 7) is 0. The number of pyridine rings is 1. The van der Waals surface area contributed by atoms with Gasteiger partial charge in [-0.3, -0.25) is 0 Å². The van der Waals surface area contributed by atoms with Crippen molar-refractivity contribution in [2.24, 2.45) is 0 Å². The van der Waals surface area contributed by atoms with Crippen LogP contribution in [0.1, 0.15) is 10.4 Å². The molecule has 10 heteroatoms. The van der Waals surface area contributed by atoms with E-state index in [9.17, 15) is 26.4 Å². The van der Waals surface area contributed by atoms with E-state index in [1.807, 2.05) is 0 Å². The van der Waals surface area contributed by atoms with E-state index in [0.717, 1.165) is 0 Å². The van der Waals surface area contributed by atoms with Crippen LogP contribution >= 0.6 is 11.6 Å². The lowest BCUT2D eigenvalue weighted by Crippen LogP contribution is -2.24. The summed E-state index contributed by atoms with van der Waals surface area (Å²) in [5.74, 6) is -1.62. The molecule has 1 rings (SSSR count). The van der Waals surface area contributed by atoms with Gasteiger partial charge in [-0.1, -0.05) is 11.6 Å². The predicted octanol–water partition coefficient (Wildman–Crippen LogP) is 1.73. The van der Waals surface area contributed by atoms with Crippen LogP contribution in [0.5, 0.6) is 0 Å². The number of hydrogen-bond donors (Lipinski definition) is 1. The van der Waals surface area contributed by atoms with Crippen molar-refractivity contribution in [1.82, 2.24) is 4.98 Å². The van der Waals surface area contributed by atoms with Crippen molar-refractivity contribution in [3.05, 3.63) is 23.0 Å². The number of carboxylic acid groups (broad SMARTS) is 1. The molecule has 1 aromatic heterocycles. The number of aromatic nitrogens is 1. The van der Waals surface area contributed by atoms with E-state index in [1.54, 1.807) is 0 Å². The molecule has 0 aliphatic rings. The molecule has 0 amide bonds. The number of hydrogen-bond acceptors (Lipinski definition) is 4. The maximum Gasteiger partial charge on any atom is 0.502 e. The summed E-state index contributed by atoms with van der Waals surface area (Å²) >= 11 is 5.21. The van der Waals surface area contributed by atoms with Crippen LogP contribution in [0.25, 0.3) is 0 Å². The first kappa shape index (κ1) is 13.7. The van der Waals surface area contributed by atoms with Gasteiger partial charge in [-0.25, -0.2) is 18.2 Å². The average molecular weight is 290 g/mol. The molecule has 0 radical (unpaired) electrons. The molecule has 0 atom stereocenters. The monoisotopic (exact) mass is 289 g/mol. The zero-order chi connectivity index (χ0) is 13.4. The van der Waals surface area contributed by atoms with E-state index < -0.39 is 36.9 Å². The van der Waals surface area contributed by atoms with E-state index in [4.69, 9.17) is 16.7 Å². The fourth-order valence-electron chi connectivity index (χ4n) is 0.858. The first-order chi connectivity index (χ1) is 7.57. The molecule has 1 N–H and O–H groups in total.